The average molecular weight is 226 g/mol. The summed E-state index contributed by atoms with van der Waals surface area (Å²) < 4.78 is 0. The molecule has 3 N–H and O–H groups in total. The lowest BCUT2D eigenvalue weighted by atomic mass is 9.84. The number of rotatable bonds is 5. The van der Waals surface area contributed by atoms with Crippen molar-refractivity contribution in [1.29, 1.82) is 0 Å². The Labute approximate surface area is 99.2 Å². The molecule has 0 radical (unpaired) electrons. The van der Waals surface area contributed by atoms with E-state index in [1.54, 1.807) is 0 Å². The van der Waals surface area contributed by atoms with Crippen LogP contribution in [0.5, 0.6) is 0 Å². The van der Waals surface area contributed by atoms with Gasteiger partial charge < -0.3 is 11.1 Å². The van der Waals surface area contributed by atoms with Crippen LogP contribution in [0.1, 0.15) is 52.4 Å². The third kappa shape index (κ3) is 4.12. The first-order chi connectivity index (χ1) is 7.67. The molecule has 0 spiro atoms. The number of hydrogen-bond acceptors (Lipinski definition) is 2. The lowest BCUT2D eigenvalue weighted by molar-refractivity contribution is -0.123. The Morgan fingerprint density at radius 3 is 2.75 bits per heavy atom. The van der Waals surface area contributed by atoms with Crippen molar-refractivity contribution in [3.05, 3.63) is 0 Å². The smallest absolute Gasteiger partial charge is 0.220 e. The largest absolute Gasteiger partial charge is 0.353 e. The van der Waals surface area contributed by atoms with Crippen LogP contribution in [0, 0.1) is 11.8 Å². The molecule has 0 bridgehead atoms. The zero-order valence-electron chi connectivity index (χ0n) is 10.7. The second-order valence-corrected chi connectivity index (χ2v) is 5.17. The molecule has 0 aromatic rings. The van der Waals surface area contributed by atoms with Crippen molar-refractivity contribution in [2.24, 2.45) is 17.6 Å². The van der Waals surface area contributed by atoms with Gasteiger partial charge in [-0.25, -0.2) is 0 Å². The van der Waals surface area contributed by atoms with Gasteiger partial charge in [0.15, 0.2) is 0 Å². The van der Waals surface area contributed by atoms with E-state index in [9.17, 15) is 4.79 Å². The predicted molar refractivity (Wildman–Crippen MR) is 67.0 cm³/mol. The molecular weight excluding hydrogens is 200 g/mol. The fourth-order valence-electron chi connectivity index (χ4n) is 2.41. The van der Waals surface area contributed by atoms with Crippen LogP contribution in [-0.2, 0) is 4.79 Å². The Balaban J connectivity index is 2.36. The van der Waals surface area contributed by atoms with Gasteiger partial charge in [0.2, 0.25) is 5.91 Å². The van der Waals surface area contributed by atoms with E-state index in [0.717, 1.165) is 12.8 Å². The third-order valence-electron chi connectivity index (χ3n) is 3.79. The Hall–Kier alpha value is -0.570. The first-order valence-electron chi connectivity index (χ1n) is 6.66. The van der Waals surface area contributed by atoms with Crippen LogP contribution in [0.4, 0.5) is 0 Å². The molecule has 1 aliphatic carbocycles. The molecule has 1 aliphatic rings. The van der Waals surface area contributed by atoms with Gasteiger partial charge in [-0.1, -0.05) is 33.1 Å². The minimum absolute atomic E-state index is 0.208. The van der Waals surface area contributed by atoms with Crippen LogP contribution in [0.15, 0.2) is 0 Å². The van der Waals surface area contributed by atoms with Gasteiger partial charge in [0.25, 0.3) is 0 Å². The van der Waals surface area contributed by atoms with E-state index in [2.05, 4.69) is 19.2 Å². The molecule has 3 atom stereocenters. The summed E-state index contributed by atoms with van der Waals surface area (Å²) >= 11 is 0. The van der Waals surface area contributed by atoms with E-state index in [4.69, 9.17) is 5.73 Å². The van der Waals surface area contributed by atoms with E-state index >= 15 is 0 Å². The molecule has 1 rings (SSSR count). The van der Waals surface area contributed by atoms with Gasteiger partial charge in [-0.3, -0.25) is 4.79 Å². The highest BCUT2D eigenvalue weighted by atomic mass is 16.1. The van der Waals surface area contributed by atoms with Crippen LogP contribution < -0.4 is 11.1 Å². The zero-order chi connectivity index (χ0) is 12.0. The minimum Gasteiger partial charge on any atom is -0.353 e. The van der Waals surface area contributed by atoms with Crippen LogP contribution in [-0.4, -0.2) is 18.5 Å². The van der Waals surface area contributed by atoms with Gasteiger partial charge in [0.1, 0.15) is 0 Å². The summed E-state index contributed by atoms with van der Waals surface area (Å²) in [5, 5.41) is 3.17. The Bertz CT molecular complexity index is 218. The van der Waals surface area contributed by atoms with Gasteiger partial charge in [-0.15, -0.1) is 0 Å². The van der Waals surface area contributed by atoms with Crippen LogP contribution in [0.2, 0.25) is 0 Å². The first-order valence-corrected chi connectivity index (χ1v) is 6.66. The van der Waals surface area contributed by atoms with E-state index in [1.807, 2.05) is 0 Å². The molecule has 0 aromatic heterocycles. The lowest BCUT2D eigenvalue weighted by Gasteiger charge is -2.31. The maximum absolute atomic E-state index is 11.8. The summed E-state index contributed by atoms with van der Waals surface area (Å²) in [6.07, 6.45) is 6.49. The number of hydrogen-bond donors (Lipinski definition) is 2. The molecule has 1 saturated carbocycles. The maximum Gasteiger partial charge on any atom is 0.220 e. The van der Waals surface area contributed by atoms with Crippen LogP contribution in [0.25, 0.3) is 0 Å². The van der Waals surface area contributed by atoms with Crippen molar-refractivity contribution in [1.82, 2.24) is 5.32 Å². The molecule has 3 nitrogen and oxygen atoms in total. The Morgan fingerprint density at radius 2 is 2.12 bits per heavy atom. The standard InChI is InChI=1S/C13H26N2O/c1-3-10(2)8-13(16)15-12-7-5-4-6-11(12)9-14/h10-12H,3-9,14H2,1-2H3,(H,15,16). The monoisotopic (exact) mass is 226 g/mol. The highest BCUT2D eigenvalue weighted by molar-refractivity contribution is 5.76. The summed E-state index contributed by atoms with van der Waals surface area (Å²) in [7, 11) is 0. The number of nitrogens with two attached hydrogens (primary N) is 1. The summed E-state index contributed by atoms with van der Waals surface area (Å²) in [5.74, 6) is 1.19. The summed E-state index contributed by atoms with van der Waals surface area (Å²) in [4.78, 5) is 11.8. The van der Waals surface area contributed by atoms with Crippen molar-refractivity contribution < 1.29 is 4.79 Å². The minimum atomic E-state index is 0.208. The number of nitrogens with one attached hydrogen (secondary N) is 1. The topological polar surface area (TPSA) is 55.1 Å². The fourth-order valence-corrected chi connectivity index (χ4v) is 2.41. The number of carbonyl (C=O) groups is 1. The lowest BCUT2D eigenvalue weighted by Crippen LogP contribution is -2.45. The molecule has 0 aromatic carbocycles. The van der Waals surface area contributed by atoms with Gasteiger partial charge in [0.05, 0.1) is 0 Å². The SMILES string of the molecule is CCC(C)CC(=O)NC1CCCCC1CN. The molecule has 1 fully saturated rings. The predicted octanol–water partition coefficient (Wildman–Crippen LogP) is 2.06. The van der Waals surface area contributed by atoms with Crippen molar-refractivity contribution in [2.45, 2.75) is 58.4 Å². The molecule has 3 unspecified atom stereocenters. The van der Waals surface area contributed by atoms with E-state index in [-0.39, 0.29) is 5.91 Å². The normalized spacial score (nSPS) is 27.4. The number of amides is 1. The van der Waals surface area contributed by atoms with Crippen molar-refractivity contribution in [2.75, 3.05) is 6.54 Å². The third-order valence-corrected chi connectivity index (χ3v) is 3.79. The van der Waals surface area contributed by atoms with Gasteiger partial charge in [0, 0.05) is 12.5 Å². The summed E-state index contributed by atoms with van der Waals surface area (Å²) in [6.45, 7) is 4.95. The Morgan fingerprint density at radius 1 is 1.44 bits per heavy atom. The summed E-state index contributed by atoms with van der Waals surface area (Å²) in [5.41, 5.74) is 5.75. The van der Waals surface area contributed by atoms with E-state index in [0.29, 0.717) is 30.8 Å². The molecule has 94 valence electrons. The van der Waals surface area contributed by atoms with Gasteiger partial charge in [-0.2, -0.15) is 0 Å². The van der Waals surface area contributed by atoms with Gasteiger partial charge in [-0.05, 0) is 31.2 Å². The maximum atomic E-state index is 11.8. The van der Waals surface area contributed by atoms with Crippen molar-refractivity contribution in [3.63, 3.8) is 0 Å². The molecule has 3 heteroatoms. The second kappa shape index (κ2) is 6.89. The first kappa shape index (κ1) is 13.5. The Kier molecular flexibility index (Phi) is 5.81. The molecule has 0 heterocycles. The van der Waals surface area contributed by atoms with Gasteiger partial charge >= 0.3 is 0 Å². The van der Waals surface area contributed by atoms with Crippen molar-refractivity contribution in [3.8, 4) is 0 Å². The molecule has 0 aliphatic heterocycles. The average Bonchev–Trinajstić information content (AvgIpc) is 2.29. The highest BCUT2D eigenvalue weighted by Crippen LogP contribution is 2.23. The summed E-state index contributed by atoms with van der Waals surface area (Å²) in [6, 6.07) is 0.329. The molecule has 0 saturated heterocycles. The highest BCUT2D eigenvalue weighted by Gasteiger charge is 2.25. The fraction of sp³-hybridized carbons (Fsp3) is 0.923. The number of carbonyl (C=O) groups excluding carboxylic acids is 1. The molecule has 1 amide bonds. The molecular formula is C13H26N2O. The van der Waals surface area contributed by atoms with Crippen molar-refractivity contribution >= 4 is 5.91 Å². The van der Waals surface area contributed by atoms with Crippen LogP contribution >= 0.6 is 0 Å². The molecule has 16 heavy (non-hydrogen) atoms. The van der Waals surface area contributed by atoms with Crippen LogP contribution in [0.3, 0.4) is 0 Å². The van der Waals surface area contributed by atoms with E-state index in [1.165, 1.54) is 19.3 Å². The quantitative estimate of drug-likeness (QED) is 0.754. The zero-order valence-corrected chi connectivity index (χ0v) is 10.7. The van der Waals surface area contributed by atoms with E-state index < -0.39 is 0 Å². The second-order valence-electron chi connectivity index (χ2n) is 5.17.